The highest BCUT2D eigenvalue weighted by atomic mass is 15.2. The molecule has 0 amide bonds. The molecule has 90 valence electrons. The third-order valence-electron chi connectivity index (χ3n) is 3.15. The first-order chi connectivity index (χ1) is 8.22. The van der Waals surface area contributed by atoms with E-state index in [-0.39, 0.29) is 0 Å². The van der Waals surface area contributed by atoms with E-state index in [1.807, 2.05) is 10.7 Å². The van der Waals surface area contributed by atoms with E-state index in [2.05, 4.69) is 41.5 Å². The molecule has 1 N–H and O–H groups in total. The molecule has 0 radical (unpaired) electrons. The molecule has 1 aliphatic rings. The molecule has 0 bridgehead atoms. The summed E-state index contributed by atoms with van der Waals surface area (Å²) in [6, 6.07) is 2.79. The van der Waals surface area contributed by atoms with Crippen LogP contribution in [0.5, 0.6) is 0 Å². The Morgan fingerprint density at radius 2 is 2.29 bits per heavy atom. The van der Waals surface area contributed by atoms with E-state index in [0.717, 1.165) is 23.9 Å². The van der Waals surface area contributed by atoms with Crippen LogP contribution >= 0.6 is 0 Å². The van der Waals surface area contributed by atoms with Crippen molar-refractivity contribution in [2.75, 3.05) is 0 Å². The number of nitrogens with zero attached hydrogens (tertiary/aromatic N) is 3. The maximum absolute atomic E-state index is 4.54. The van der Waals surface area contributed by atoms with Gasteiger partial charge in [0.2, 0.25) is 0 Å². The first-order valence-electron chi connectivity index (χ1n) is 6.30. The minimum atomic E-state index is 0.449. The maximum Gasteiger partial charge on any atom is 0.155 e. The van der Waals surface area contributed by atoms with Gasteiger partial charge in [-0.1, -0.05) is 13.8 Å². The summed E-state index contributed by atoms with van der Waals surface area (Å²) in [5.41, 5.74) is 3.23. The molecule has 4 nitrogen and oxygen atoms in total. The molecule has 17 heavy (non-hydrogen) atoms. The van der Waals surface area contributed by atoms with Crippen LogP contribution in [0.25, 0.3) is 5.65 Å². The van der Waals surface area contributed by atoms with Gasteiger partial charge in [-0.3, -0.25) is 0 Å². The van der Waals surface area contributed by atoms with Crippen molar-refractivity contribution < 1.29 is 0 Å². The first kappa shape index (κ1) is 10.7. The Morgan fingerprint density at radius 1 is 1.47 bits per heavy atom. The lowest BCUT2D eigenvalue weighted by molar-refractivity contribution is 0.679. The fourth-order valence-corrected chi connectivity index (χ4v) is 1.86. The summed E-state index contributed by atoms with van der Waals surface area (Å²) >= 11 is 0. The number of fused-ring (bicyclic) bond motifs is 1. The van der Waals surface area contributed by atoms with Gasteiger partial charge in [-0.05, 0) is 18.8 Å². The number of aromatic nitrogens is 3. The second-order valence-corrected chi connectivity index (χ2v) is 5.14. The van der Waals surface area contributed by atoms with Crippen LogP contribution < -0.4 is 5.32 Å². The molecule has 2 aromatic rings. The average molecular weight is 230 g/mol. The fourth-order valence-electron chi connectivity index (χ4n) is 1.86. The van der Waals surface area contributed by atoms with Crippen LogP contribution in [0.15, 0.2) is 18.5 Å². The van der Waals surface area contributed by atoms with Gasteiger partial charge < -0.3 is 5.32 Å². The van der Waals surface area contributed by atoms with Crippen LogP contribution in [-0.4, -0.2) is 20.6 Å². The van der Waals surface area contributed by atoms with Crippen LogP contribution in [0.4, 0.5) is 0 Å². The van der Waals surface area contributed by atoms with Crippen molar-refractivity contribution in [1.82, 2.24) is 19.9 Å². The summed E-state index contributed by atoms with van der Waals surface area (Å²) in [6.07, 6.45) is 6.64. The van der Waals surface area contributed by atoms with Crippen molar-refractivity contribution in [3.05, 3.63) is 29.7 Å². The highest BCUT2D eigenvalue weighted by Crippen LogP contribution is 2.19. The molecule has 0 saturated heterocycles. The molecule has 0 aromatic carbocycles. The predicted octanol–water partition coefficient (Wildman–Crippen LogP) is 2.10. The van der Waals surface area contributed by atoms with Crippen molar-refractivity contribution >= 4 is 5.65 Å². The van der Waals surface area contributed by atoms with E-state index in [1.165, 1.54) is 18.4 Å². The zero-order valence-electron chi connectivity index (χ0n) is 10.3. The topological polar surface area (TPSA) is 42.2 Å². The predicted molar refractivity (Wildman–Crippen MR) is 66.9 cm³/mol. The van der Waals surface area contributed by atoms with E-state index in [1.54, 1.807) is 0 Å². The Bertz CT molecular complexity index is 525. The molecule has 4 heteroatoms. The lowest BCUT2D eigenvalue weighted by Gasteiger charge is -2.02. The van der Waals surface area contributed by atoms with E-state index in [0.29, 0.717) is 5.92 Å². The second kappa shape index (κ2) is 4.11. The van der Waals surface area contributed by atoms with Crippen molar-refractivity contribution in [2.24, 2.45) is 0 Å². The molecule has 1 aliphatic carbocycles. The molecule has 0 spiro atoms. The molecule has 0 atom stereocenters. The maximum atomic E-state index is 4.54. The molecular weight excluding hydrogens is 212 g/mol. The number of hydrogen-bond acceptors (Lipinski definition) is 3. The summed E-state index contributed by atoms with van der Waals surface area (Å²) in [5.74, 6) is 0.449. The lowest BCUT2D eigenvalue weighted by atomic mass is 10.1. The lowest BCUT2D eigenvalue weighted by Crippen LogP contribution is -2.15. The standard InChI is InChI=1S/C13H18N4/c1-9(2)12-5-13-15-7-10(8-17(13)16-12)6-14-11-3-4-11/h5,7-9,11,14H,3-4,6H2,1-2H3. The molecular formula is C13H18N4. The molecule has 2 heterocycles. The summed E-state index contributed by atoms with van der Waals surface area (Å²) in [6.45, 7) is 5.19. The Hall–Kier alpha value is -1.42. The van der Waals surface area contributed by atoms with Crippen LogP contribution in [0.2, 0.25) is 0 Å². The normalized spacial score (nSPS) is 15.9. The van der Waals surface area contributed by atoms with Crippen molar-refractivity contribution in [1.29, 1.82) is 0 Å². The Kier molecular flexibility index (Phi) is 2.59. The quantitative estimate of drug-likeness (QED) is 0.874. The van der Waals surface area contributed by atoms with Crippen molar-refractivity contribution in [2.45, 2.75) is 45.2 Å². The molecule has 2 aromatic heterocycles. The third kappa shape index (κ3) is 2.31. The number of nitrogens with one attached hydrogen (secondary N) is 1. The molecule has 1 fully saturated rings. The zero-order valence-corrected chi connectivity index (χ0v) is 10.3. The minimum Gasteiger partial charge on any atom is -0.310 e. The molecule has 0 aliphatic heterocycles. The zero-order chi connectivity index (χ0) is 11.8. The van der Waals surface area contributed by atoms with E-state index >= 15 is 0 Å². The van der Waals surface area contributed by atoms with Gasteiger partial charge in [0.05, 0.1) is 5.69 Å². The minimum absolute atomic E-state index is 0.449. The van der Waals surface area contributed by atoms with Crippen LogP contribution in [-0.2, 0) is 6.54 Å². The summed E-state index contributed by atoms with van der Waals surface area (Å²) in [4.78, 5) is 4.44. The monoisotopic (exact) mass is 230 g/mol. The molecule has 0 unspecified atom stereocenters. The van der Waals surface area contributed by atoms with Gasteiger partial charge >= 0.3 is 0 Å². The van der Waals surface area contributed by atoms with E-state index in [4.69, 9.17) is 0 Å². The average Bonchev–Trinajstić information content (AvgIpc) is 3.03. The van der Waals surface area contributed by atoms with Gasteiger partial charge in [-0.25, -0.2) is 9.50 Å². The van der Waals surface area contributed by atoms with Crippen molar-refractivity contribution in [3.8, 4) is 0 Å². The number of rotatable bonds is 4. The third-order valence-corrected chi connectivity index (χ3v) is 3.15. The van der Waals surface area contributed by atoms with Crippen molar-refractivity contribution in [3.63, 3.8) is 0 Å². The highest BCUT2D eigenvalue weighted by molar-refractivity contribution is 5.40. The van der Waals surface area contributed by atoms with Crippen LogP contribution in [0.1, 0.15) is 43.9 Å². The van der Waals surface area contributed by atoms with E-state index < -0.39 is 0 Å². The summed E-state index contributed by atoms with van der Waals surface area (Å²) in [5, 5.41) is 8.03. The first-order valence-corrected chi connectivity index (χ1v) is 6.30. The van der Waals surface area contributed by atoms with Gasteiger partial charge in [0, 0.05) is 36.6 Å². The largest absolute Gasteiger partial charge is 0.310 e. The van der Waals surface area contributed by atoms with Gasteiger partial charge in [0.25, 0.3) is 0 Å². The smallest absolute Gasteiger partial charge is 0.155 e. The second-order valence-electron chi connectivity index (χ2n) is 5.14. The SMILES string of the molecule is CC(C)c1cc2ncc(CNC3CC3)cn2n1. The van der Waals surface area contributed by atoms with E-state index in [9.17, 15) is 0 Å². The van der Waals surface area contributed by atoms with Gasteiger partial charge in [0.1, 0.15) is 0 Å². The Morgan fingerprint density at radius 3 is 3.00 bits per heavy atom. The van der Waals surface area contributed by atoms with Crippen LogP contribution in [0.3, 0.4) is 0 Å². The molecule has 3 rings (SSSR count). The molecule has 1 saturated carbocycles. The highest BCUT2D eigenvalue weighted by Gasteiger charge is 2.20. The van der Waals surface area contributed by atoms with Gasteiger partial charge in [-0.15, -0.1) is 0 Å². The summed E-state index contributed by atoms with van der Waals surface area (Å²) in [7, 11) is 0. The van der Waals surface area contributed by atoms with Gasteiger partial charge in [-0.2, -0.15) is 5.10 Å². The van der Waals surface area contributed by atoms with Crippen LogP contribution in [0, 0.1) is 0 Å². The Balaban J connectivity index is 1.83. The Labute approximate surface area is 101 Å². The summed E-state index contributed by atoms with van der Waals surface area (Å²) < 4.78 is 1.89. The fraction of sp³-hybridized carbons (Fsp3) is 0.538. The number of hydrogen-bond donors (Lipinski definition) is 1. The van der Waals surface area contributed by atoms with Gasteiger partial charge in [0.15, 0.2) is 5.65 Å².